The van der Waals surface area contributed by atoms with Crippen LogP contribution < -0.4 is 10.2 Å². The number of hydrogen-bond donors (Lipinski definition) is 1. The average Bonchev–Trinajstić information content (AvgIpc) is 3.19. The summed E-state index contributed by atoms with van der Waals surface area (Å²) in [5.74, 6) is -0.102. The molecule has 25 heavy (non-hydrogen) atoms. The summed E-state index contributed by atoms with van der Waals surface area (Å²) in [5, 5.41) is 5.32. The van der Waals surface area contributed by atoms with Crippen LogP contribution in [0.5, 0.6) is 0 Å². The third-order valence-corrected chi connectivity index (χ3v) is 5.59. The summed E-state index contributed by atoms with van der Waals surface area (Å²) in [6, 6.07) is 7.99. The van der Waals surface area contributed by atoms with Crippen molar-refractivity contribution < 1.29 is 9.59 Å². The van der Waals surface area contributed by atoms with E-state index in [1.54, 1.807) is 4.90 Å². The van der Waals surface area contributed by atoms with Gasteiger partial charge >= 0.3 is 0 Å². The number of thiazole rings is 1. The normalized spacial score (nSPS) is 18.4. The summed E-state index contributed by atoms with van der Waals surface area (Å²) in [6.45, 7) is 6.61. The van der Waals surface area contributed by atoms with Crippen molar-refractivity contribution in [1.82, 2.24) is 4.98 Å². The fraction of sp³-hybridized carbons (Fsp3) is 0.421. The van der Waals surface area contributed by atoms with Crippen molar-refractivity contribution in [3.05, 3.63) is 40.9 Å². The van der Waals surface area contributed by atoms with Crippen molar-refractivity contribution in [2.24, 2.45) is 5.92 Å². The maximum absolute atomic E-state index is 12.5. The molecular weight excluding hydrogens is 334 g/mol. The lowest BCUT2D eigenvalue weighted by Gasteiger charge is -2.23. The van der Waals surface area contributed by atoms with Crippen LogP contribution in [-0.4, -0.2) is 23.3 Å². The molecule has 2 heterocycles. The van der Waals surface area contributed by atoms with E-state index >= 15 is 0 Å². The first-order valence-electron chi connectivity index (χ1n) is 8.61. The molecule has 0 saturated carbocycles. The summed E-state index contributed by atoms with van der Waals surface area (Å²) >= 11 is 1.40. The van der Waals surface area contributed by atoms with Crippen molar-refractivity contribution in [2.75, 3.05) is 16.8 Å². The number of anilines is 2. The van der Waals surface area contributed by atoms with Gasteiger partial charge in [0.25, 0.3) is 0 Å². The van der Waals surface area contributed by atoms with Crippen LogP contribution in [0.1, 0.15) is 43.9 Å². The van der Waals surface area contributed by atoms with E-state index in [0.29, 0.717) is 17.6 Å². The fourth-order valence-corrected chi connectivity index (χ4v) is 3.80. The molecule has 2 aromatic rings. The quantitative estimate of drug-likeness (QED) is 0.881. The van der Waals surface area contributed by atoms with Gasteiger partial charge in [-0.15, -0.1) is 11.3 Å². The number of aromatic nitrogens is 1. The number of benzene rings is 1. The predicted octanol–water partition coefficient (Wildman–Crippen LogP) is 3.96. The highest BCUT2D eigenvalue weighted by molar-refractivity contribution is 7.13. The first-order chi connectivity index (χ1) is 12.0. The van der Waals surface area contributed by atoms with Crippen molar-refractivity contribution >= 4 is 34.0 Å². The minimum atomic E-state index is -0.346. The van der Waals surface area contributed by atoms with E-state index in [1.165, 1.54) is 11.3 Å². The lowest BCUT2D eigenvalue weighted by molar-refractivity contribution is -0.122. The summed E-state index contributed by atoms with van der Waals surface area (Å²) in [5.41, 5.74) is 2.98. The Balaban J connectivity index is 1.76. The Hall–Kier alpha value is -2.21. The van der Waals surface area contributed by atoms with E-state index in [9.17, 15) is 9.59 Å². The first-order valence-corrected chi connectivity index (χ1v) is 9.49. The average molecular weight is 357 g/mol. The Morgan fingerprint density at radius 1 is 1.44 bits per heavy atom. The Bertz CT molecular complexity index is 786. The number of rotatable bonds is 5. The smallest absolute Gasteiger partial charge is 0.231 e. The number of nitrogens with one attached hydrogen (secondary N) is 1. The third-order valence-electron chi connectivity index (χ3n) is 4.72. The van der Waals surface area contributed by atoms with Crippen molar-refractivity contribution in [3.8, 4) is 0 Å². The van der Waals surface area contributed by atoms with Crippen LogP contribution in [0.15, 0.2) is 29.6 Å². The van der Waals surface area contributed by atoms with E-state index in [1.807, 2.05) is 30.5 Å². The van der Waals surface area contributed by atoms with Gasteiger partial charge in [0.15, 0.2) is 5.13 Å². The van der Waals surface area contributed by atoms with E-state index in [2.05, 4.69) is 30.2 Å². The monoisotopic (exact) mass is 357 g/mol. The van der Waals surface area contributed by atoms with Crippen LogP contribution in [0.25, 0.3) is 0 Å². The van der Waals surface area contributed by atoms with Gasteiger partial charge in [0, 0.05) is 24.0 Å². The summed E-state index contributed by atoms with van der Waals surface area (Å²) in [4.78, 5) is 31.1. The van der Waals surface area contributed by atoms with E-state index < -0.39 is 0 Å². The second-order valence-corrected chi connectivity index (χ2v) is 7.41. The highest BCUT2D eigenvalue weighted by Gasteiger charge is 2.36. The number of aryl methyl sites for hydroxylation is 1. The Kier molecular flexibility index (Phi) is 5.18. The fourth-order valence-electron chi connectivity index (χ4n) is 3.10. The Labute approximate surface area is 152 Å². The van der Waals surface area contributed by atoms with Crippen LogP contribution in [0.3, 0.4) is 0 Å². The standard InChI is InChI=1S/C19H23N3O2S/c1-4-12(2)15-7-5-6-8-16(15)22-10-14(9-17(22)23)18(24)21-19-20-13(3)11-25-19/h5-8,11-12,14H,4,9-10H2,1-3H3,(H,20,21,24). The molecule has 3 rings (SSSR count). The number of para-hydroxylation sites is 1. The van der Waals surface area contributed by atoms with Crippen LogP contribution in [0.4, 0.5) is 10.8 Å². The number of nitrogens with zero attached hydrogens (tertiary/aromatic N) is 2. The van der Waals surface area contributed by atoms with Gasteiger partial charge in [0.05, 0.1) is 11.6 Å². The number of hydrogen-bond acceptors (Lipinski definition) is 4. The largest absolute Gasteiger partial charge is 0.311 e. The molecule has 1 aromatic heterocycles. The lowest BCUT2D eigenvalue weighted by atomic mass is 9.96. The molecule has 2 atom stereocenters. The molecule has 132 valence electrons. The molecule has 1 aliphatic rings. The van der Waals surface area contributed by atoms with Crippen LogP contribution in [-0.2, 0) is 9.59 Å². The molecule has 5 nitrogen and oxygen atoms in total. The van der Waals surface area contributed by atoms with E-state index in [0.717, 1.165) is 23.4 Å². The van der Waals surface area contributed by atoms with Gasteiger partial charge in [-0.1, -0.05) is 32.0 Å². The van der Waals surface area contributed by atoms with Gasteiger partial charge in [-0.3, -0.25) is 9.59 Å². The summed E-state index contributed by atoms with van der Waals surface area (Å²) in [7, 11) is 0. The van der Waals surface area contributed by atoms with Crippen molar-refractivity contribution in [2.45, 2.75) is 39.5 Å². The van der Waals surface area contributed by atoms with Gasteiger partial charge < -0.3 is 10.2 Å². The molecule has 1 aromatic carbocycles. The van der Waals surface area contributed by atoms with Gasteiger partial charge in [-0.2, -0.15) is 0 Å². The molecule has 0 bridgehead atoms. The SMILES string of the molecule is CCC(C)c1ccccc1N1CC(C(=O)Nc2nc(C)cs2)CC1=O. The highest BCUT2D eigenvalue weighted by Crippen LogP contribution is 2.33. The number of amides is 2. The van der Waals surface area contributed by atoms with Crippen LogP contribution in [0, 0.1) is 12.8 Å². The minimum absolute atomic E-state index is 0.00576. The zero-order chi connectivity index (χ0) is 18.0. The second-order valence-electron chi connectivity index (χ2n) is 6.56. The zero-order valence-corrected chi connectivity index (χ0v) is 15.6. The topological polar surface area (TPSA) is 62.3 Å². The van der Waals surface area contributed by atoms with Crippen molar-refractivity contribution in [3.63, 3.8) is 0 Å². The first kappa shape index (κ1) is 17.6. The van der Waals surface area contributed by atoms with Crippen LogP contribution in [0.2, 0.25) is 0 Å². The molecule has 2 unspecified atom stereocenters. The molecule has 0 radical (unpaired) electrons. The van der Waals surface area contributed by atoms with E-state index in [4.69, 9.17) is 0 Å². The molecular formula is C19H23N3O2S. The molecule has 6 heteroatoms. The molecule has 1 saturated heterocycles. The molecule has 0 aliphatic carbocycles. The second kappa shape index (κ2) is 7.35. The number of carbonyl (C=O) groups is 2. The molecule has 0 spiro atoms. The Morgan fingerprint density at radius 2 is 2.20 bits per heavy atom. The lowest BCUT2D eigenvalue weighted by Crippen LogP contribution is -2.29. The zero-order valence-electron chi connectivity index (χ0n) is 14.8. The molecule has 2 amide bonds. The Morgan fingerprint density at radius 3 is 2.88 bits per heavy atom. The van der Waals surface area contributed by atoms with Gasteiger partial charge in [0.1, 0.15) is 0 Å². The minimum Gasteiger partial charge on any atom is -0.311 e. The van der Waals surface area contributed by atoms with E-state index in [-0.39, 0.29) is 24.2 Å². The molecule has 1 fully saturated rings. The highest BCUT2D eigenvalue weighted by atomic mass is 32.1. The van der Waals surface area contributed by atoms with Gasteiger partial charge in [-0.25, -0.2) is 4.98 Å². The third kappa shape index (κ3) is 3.74. The maximum Gasteiger partial charge on any atom is 0.231 e. The van der Waals surface area contributed by atoms with Gasteiger partial charge in [0.2, 0.25) is 11.8 Å². The summed E-state index contributed by atoms with van der Waals surface area (Å²) < 4.78 is 0. The van der Waals surface area contributed by atoms with Crippen molar-refractivity contribution in [1.29, 1.82) is 0 Å². The summed E-state index contributed by atoms with van der Waals surface area (Å²) in [6.07, 6.45) is 1.25. The number of carbonyl (C=O) groups excluding carboxylic acids is 2. The molecule has 1 aliphatic heterocycles. The maximum atomic E-state index is 12.5. The van der Waals surface area contributed by atoms with Crippen LogP contribution >= 0.6 is 11.3 Å². The predicted molar refractivity (Wildman–Crippen MR) is 101 cm³/mol. The van der Waals surface area contributed by atoms with Gasteiger partial charge in [-0.05, 0) is 30.9 Å². The molecule has 1 N–H and O–H groups in total.